The zero-order chi connectivity index (χ0) is 16.8. The summed E-state index contributed by atoms with van der Waals surface area (Å²) in [7, 11) is 0. The summed E-state index contributed by atoms with van der Waals surface area (Å²) >= 11 is 0. The van der Waals surface area contributed by atoms with Crippen LogP contribution in [0.2, 0.25) is 0 Å². The van der Waals surface area contributed by atoms with Gasteiger partial charge >= 0.3 is 0 Å². The van der Waals surface area contributed by atoms with Crippen LogP contribution in [0.5, 0.6) is 0 Å². The number of nitrogens with zero attached hydrogens (tertiary/aromatic N) is 2. The molecule has 1 aliphatic heterocycles. The van der Waals surface area contributed by atoms with Crippen molar-refractivity contribution in [2.45, 2.75) is 6.92 Å². The van der Waals surface area contributed by atoms with E-state index in [2.05, 4.69) is 15.2 Å². The molecule has 1 saturated heterocycles. The lowest BCUT2D eigenvalue weighted by molar-refractivity contribution is 0.0398. The van der Waals surface area contributed by atoms with Crippen molar-refractivity contribution < 1.29 is 9.53 Å². The quantitative estimate of drug-likeness (QED) is 0.828. The van der Waals surface area contributed by atoms with Crippen LogP contribution in [-0.4, -0.2) is 55.1 Å². The maximum Gasteiger partial charge on any atom is 0.159 e. The maximum absolute atomic E-state index is 11.5. The number of morpholine rings is 1. The second-order valence-electron chi connectivity index (χ2n) is 5.95. The first-order valence-corrected chi connectivity index (χ1v) is 8.34. The van der Waals surface area contributed by atoms with Gasteiger partial charge in [0, 0.05) is 43.5 Å². The molecule has 0 atom stereocenters. The van der Waals surface area contributed by atoms with Crippen LogP contribution >= 0.6 is 0 Å². The molecule has 0 bridgehead atoms. The SMILES string of the molecule is CC(=O)c1cccc(-c2ccc(NCCN3CCOCC3)nc2)c1. The molecule has 2 aromatic rings. The van der Waals surface area contributed by atoms with E-state index < -0.39 is 0 Å². The van der Waals surface area contributed by atoms with E-state index in [1.807, 2.05) is 42.6 Å². The Morgan fingerprint density at radius 3 is 2.75 bits per heavy atom. The van der Waals surface area contributed by atoms with Crippen molar-refractivity contribution >= 4 is 11.6 Å². The molecule has 3 rings (SSSR count). The predicted octanol–water partition coefficient (Wildman–Crippen LogP) is 2.70. The number of carbonyl (C=O) groups excluding carboxylic acids is 1. The van der Waals surface area contributed by atoms with Gasteiger partial charge in [-0.15, -0.1) is 0 Å². The van der Waals surface area contributed by atoms with Gasteiger partial charge in [-0.25, -0.2) is 4.98 Å². The first-order chi connectivity index (χ1) is 11.7. The van der Waals surface area contributed by atoms with Crippen LogP contribution in [0.25, 0.3) is 11.1 Å². The normalized spacial score (nSPS) is 15.2. The number of rotatable bonds is 6. The number of hydrogen-bond donors (Lipinski definition) is 1. The fourth-order valence-corrected chi connectivity index (χ4v) is 2.75. The van der Waals surface area contributed by atoms with Crippen molar-refractivity contribution in [1.29, 1.82) is 0 Å². The van der Waals surface area contributed by atoms with Crippen molar-refractivity contribution in [3.63, 3.8) is 0 Å². The summed E-state index contributed by atoms with van der Waals surface area (Å²) in [5.41, 5.74) is 2.74. The first kappa shape index (κ1) is 16.6. The number of benzene rings is 1. The highest BCUT2D eigenvalue weighted by molar-refractivity contribution is 5.95. The Bertz CT molecular complexity index is 679. The minimum atomic E-state index is 0.0752. The summed E-state index contributed by atoms with van der Waals surface area (Å²) in [6.07, 6.45) is 1.84. The largest absolute Gasteiger partial charge is 0.379 e. The lowest BCUT2D eigenvalue weighted by atomic mass is 10.0. The highest BCUT2D eigenvalue weighted by Crippen LogP contribution is 2.21. The van der Waals surface area contributed by atoms with Crippen LogP contribution < -0.4 is 5.32 Å². The zero-order valence-corrected chi connectivity index (χ0v) is 14.0. The number of nitrogens with one attached hydrogen (secondary N) is 1. The molecule has 2 heterocycles. The third-order valence-corrected chi connectivity index (χ3v) is 4.20. The molecule has 5 nitrogen and oxygen atoms in total. The summed E-state index contributed by atoms with van der Waals surface area (Å²) < 4.78 is 5.35. The molecule has 126 valence electrons. The topological polar surface area (TPSA) is 54.5 Å². The molecule has 0 unspecified atom stereocenters. The molecular formula is C19H23N3O2. The van der Waals surface area contributed by atoms with Gasteiger partial charge in [0.2, 0.25) is 0 Å². The summed E-state index contributed by atoms with van der Waals surface area (Å²) in [6.45, 7) is 7.10. The lowest BCUT2D eigenvalue weighted by Crippen LogP contribution is -2.39. The summed E-state index contributed by atoms with van der Waals surface area (Å²) in [6, 6.07) is 11.7. The Morgan fingerprint density at radius 1 is 1.21 bits per heavy atom. The van der Waals surface area contributed by atoms with Crippen molar-refractivity contribution in [3.05, 3.63) is 48.2 Å². The van der Waals surface area contributed by atoms with Crippen LogP contribution in [0.4, 0.5) is 5.82 Å². The Morgan fingerprint density at radius 2 is 2.04 bits per heavy atom. The smallest absolute Gasteiger partial charge is 0.159 e. The Kier molecular flexibility index (Phi) is 5.56. The molecule has 1 aliphatic rings. The van der Waals surface area contributed by atoms with Crippen LogP contribution in [-0.2, 0) is 4.74 Å². The van der Waals surface area contributed by atoms with E-state index in [0.29, 0.717) is 0 Å². The predicted molar refractivity (Wildman–Crippen MR) is 95.4 cm³/mol. The van der Waals surface area contributed by atoms with Gasteiger partial charge < -0.3 is 10.1 Å². The van der Waals surface area contributed by atoms with Gasteiger partial charge in [0.15, 0.2) is 5.78 Å². The Labute approximate surface area is 142 Å². The number of aromatic nitrogens is 1. The maximum atomic E-state index is 11.5. The van der Waals surface area contributed by atoms with E-state index >= 15 is 0 Å². The number of ether oxygens (including phenoxy) is 1. The van der Waals surface area contributed by atoms with Gasteiger partial charge in [-0.05, 0) is 30.7 Å². The molecule has 0 spiro atoms. The molecule has 1 aromatic carbocycles. The monoisotopic (exact) mass is 325 g/mol. The minimum absolute atomic E-state index is 0.0752. The molecule has 1 fully saturated rings. The molecule has 1 aromatic heterocycles. The van der Waals surface area contributed by atoms with E-state index in [0.717, 1.165) is 61.9 Å². The Balaban J connectivity index is 1.57. The van der Waals surface area contributed by atoms with Gasteiger partial charge in [-0.1, -0.05) is 18.2 Å². The summed E-state index contributed by atoms with van der Waals surface area (Å²) in [5.74, 6) is 0.945. The molecule has 0 radical (unpaired) electrons. The van der Waals surface area contributed by atoms with Crippen LogP contribution in [0.15, 0.2) is 42.6 Å². The Hall–Kier alpha value is -2.24. The average Bonchev–Trinajstić information content (AvgIpc) is 2.63. The minimum Gasteiger partial charge on any atom is -0.379 e. The van der Waals surface area contributed by atoms with Crippen molar-refractivity contribution in [1.82, 2.24) is 9.88 Å². The van der Waals surface area contributed by atoms with Gasteiger partial charge in [0.05, 0.1) is 13.2 Å². The van der Waals surface area contributed by atoms with Crippen LogP contribution in [0, 0.1) is 0 Å². The van der Waals surface area contributed by atoms with Crippen molar-refractivity contribution in [3.8, 4) is 11.1 Å². The molecule has 0 saturated carbocycles. The lowest BCUT2D eigenvalue weighted by Gasteiger charge is -2.26. The number of Topliss-reactive ketones (excluding diaryl/α,β-unsaturated/α-hetero) is 1. The average molecular weight is 325 g/mol. The zero-order valence-electron chi connectivity index (χ0n) is 14.0. The van der Waals surface area contributed by atoms with E-state index in [-0.39, 0.29) is 5.78 Å². The standard InChI is InChI=1S/C19H23N3O2/c1-15(23)16-3-2-4-17(13-16)18-5-6-19(21-14-18)20-7-8-22-9-11-24-12-10-22/h2-6,13-14H,7-12H2,1H3,(H,20,21). The fraction of sp³-hybridized carbons (Fsp3) is 0.368. The van der Waals surface area contributed by atoms with Gasteiger partial charge in [-0.2, -0.15) is 0 Å². The number of pyridine rings is 1. The van der Waals surface area contributed by atoms with E-state index in [9.17, 15) is 4.79 Å². The highest BCUT2D eigenvalue weighted by atomic mass is 16.5. The number of hydrogen-bond acceptors (Lipinski definition) is 5. The highest BCUT2D eigenvalue weighted by Gasteiger charge is 2.09. The third kappa shape index (κ3) is 4.40. The molecule has 24 heavy (non-hydrogen) atoms. The molecule has 0 amide bonds. The van der Waals surface area contributed by atoms with Gasteiger partial charge in [0.1, 0.15) is 5.82 Å². The second kappa shape index (κ2) is 8.04. The van der Waals surface area contributed by atoms with Crippen molar-refractivity contribution in [2.75, 3.05) is 44.7 Å². The van der Waals surface area contributed by atoms with E-state index in [1.165, 1.54) is 0 Å². The number of carbonyl (C=O) groups is 1. The third-order valence-electron chi connectivity index (χ3n) is 4.20. The fourth-order valence-electron chi connectivity index (χ4n) is 2.75. The van der Waals surface area contributed by atoms with Crippen molar-refractivity contribution in [2.24, 2.45) is 0 Å². The number of anilines is 1. The van der Waals surface area contributed by atoms with E-state index in [1.54, 1.807) is 6.92 Å². The van der Waals surface area contributed by atoms with E-state index in [4.69, 9.17) is 4.74 Å². The molecular weight excluding hydrogens is 302 g/mol. The summed E-state index contributed by atoms with van der Waals surface area (Å²) in [4.78, 5) is 18.4. The second-order valence-corrected chi connectivity index (χ2v) is 5.95. The first-order valence-electron chi connectivity index (χ1n) is 8.34. The van der Waals surface area contributed by atoms with Gasteiger partial charge in [-0.3, -0.25) is 9.69 Å². The van der Waals surface area contributed by atoms with Gasteiger partial charge in [0.25, 0.3) is 0 Å². The van der Waals surface area contributed by atoms with Crippen LogP contribution in [0.3, 0.4) is 0 Å². The number of ketones is 1. The molecule has 0 aliphatic carbocycles. The molecule has 5 heteroatoms. The molecule has 1 N–H and O–H groups in total. The summed E-state index contributed by atoms with van der Waals surface area (Å²) in [5, 5.41) is 3.35. The van der Waals surface area contributed by atoms with Crippen LogP contribution in [0.1, 0.15) is 17.3 Å².